The summed E-state index contributed by atoms with van der Waals surface area (Å²) < 4.78 is 11.8. The summed E-state index contributed by atoms with van der Waals surface area (Å²) in [5, 5.41) is 34.6. The van der Waals surface area contributed by atoms with Crippen LogP contribution in [-0.2, 0) is 22.6 Å². The number of carbonyl (C=O) groups excluding carboxylic acids is 2. The number of nitrogens with zero attached hydrogens (tertiary/aromatic N) is 1. The lowest BCUT2D eigenvalue weighted by Crippen LogP contribution is -2.56. The van der Waals surface area contributed by atoms with Gasteiger partial charge in [0.05, 0.1) is 32.3 Å². The number of nitrogens with one attached hydrogen (secondary N) is 2. The Balaban J connectivity index is 1.52. The minimum absolute atomic E-state index is 0.0481. The van der Waals surface area contributed by atoms with Crippen molar-refractivity contribution in [2.24, 2.45) is 0 Å². The van der Waals surface area contributed by atoms with Gasteiger partial charge < -0.3 is 40.0 Å². The van der Waals surface area contributed by atoms with Crippen molar-refractivity contribution < 1.29 is 34.4 Å². The topological polar surface area (TPSA) is 144 Å². The Labute approximate surface area is 232 Å². The highest BCUT2D eigenvalue weighted by molar-refractivity contribution is 5.96. The molecule has 1 aliphatic heterocycles. The van der Waals surface area contributed by atoms with Crippen molar-refractivity contribution in [3.63, 3.8) is 0 Å². The number of para-hydroxylation sites is 1. The molecular formula is C30H35N3O7. The highest BCUT2D eigenvalue weighted by atomic mass is 16.5. The summed E-state index contributed by atoms with van der Waals surface area (Å²) in [6, 6.07) is 12.5. The van der Waals surface area contributed by atoms with Gasteiger partial charge in [0, 0.05) is 48.3 Å². The number of rotatable bonds is 10. The first kappa shape index (κ1) is 27.7. The van der Waals surface area contributed by atoms with Crippen molar-refractivity contribution in [1.29, 1.82) is 0 Å². The summed E-state index contributed by atoms with van der Waals surface area (Å²) in [4.78, 5) is 31.6. The Morgan fingerprint density at radius 3 is 2.67 bits per heavy atom. The summed E-state index contributed by atoms with van der Waals surface area (Å²) in [6.07, 6.45) is 0.370. The van der Waals surface area contributed by atoms with Crippen LogP contribution in [-0.4, -0.2) is 82.1 Å². The molecule has 0 radical (unpaired) electrons. The Morgan fingerprint density at radius 2 is 1.98 bits per heavy atom. The number of hydrogen-bond acceptors (Lipinski definition) is 7. The second-order valence-corrected chi connectivity index (χ2v) is 10.1. The lowest BCUT2D eigenvalue weighted by molar-refractivity contribution is -0.136. The van der Waals surface area contributed by atoms with Gasteiger partial charge in [0.25, 0.3) is 0 Å². The Kier molecular flexibility index (Phi) is 8.11. The zero-order valence-electron chi connectivity index (χ0n) is 22.6. The van der Waals surface area contributed by atoms with Crippen LogP contribution in [0.1, 0.15) is 36.1 Å². The number of hydrogen-bond donors (Lipinski definition) is 5. The fourth-order valence-electron chi connectivity index (χ4n) is 5.77. The van der Waals surface area contributed by atoms with Crippen molar-refractivity contribution >= 4 is 22.7 Å². The number of aromatic amines is 1. The lowest BCUT2D eigenvalue weighted by atomic mass is 9.77. The molecule has 40 heavy (non-hydrogen) atoms. The Bertz CT molecular complexity index is 1400. The minimum atomic E-state index is -1.15. The van der Waals surface area contributed by atoms with Crippen LogP contribution in [0.2, 0.25) is 0 Å². The standard InChI is InChI=1S/C30H35N3O7/c1-3-25(36)33(10-8-19-14-18-6-4-5-7-22(18)32-19)23-15-21(30(38)31-9-11-34)26-20-12-17(16-35)13-24(39-2)28(20)40-29(26)27(23)37/h4-7,12-15,23,26-27,29,32,34-35,37H,3,8-11,16H2,1-2H3,(H,31,38). The quantitative estimate of drug-likeness (QED) is 0.259. The van der Waals surface area contributed by atoms with Gasteiger partial charge in [-0.25, -0.2) is 0 Å². The first-order valence-corrected chi connectivity index (χ1v) is 13.5. The fourth-order valence-corrected chi connectivity index (χ4v) is 5.77. The smallest absolute Gasteiger partial charge is 0.247 e. The fraction of sp³-hybridized carbons (Fsp3) is 0.400. The Morgan fingerprint density at radius 1 is 1.18 bits per heavy atom. The maximum absolute atomic E-state index is 13.4. The number of aliphatic hydroxyl groups excluding tert-OH is 3. The number of aromatic nitrogens is 1. The molecule has 10 nitrogen and oxygen atoms in total. The van der Waals surface area contributed by atoms with Crippen LogP contribution in [0.15, 0.2) is 54.1 Å². The van der Waals surface area contributed by atoms with Crippen LogP contribution in [0.4, 0.5) is 0 Å². The summed E-state index contributed by atoms with van der Waals surface area (Å²) >= 11 is 0. The average molecular weight is 550 g/mol. The van der Waals surface area contributed by atoms with E-state index in [2.05, 4.69) is 10.3 Å². The third kappa shape index (κ3) is 5.05. The number of carbonyl (C=O) groups is 2. The van der Waals surface area contributed by atoms with E-state index < -0.39 is 30.1 Å². The molecule has 2 aromatic carbocycles. The van der Waals surface area contributed by atoms with Gasteiger partial charge in [-0.1, -0.05) is 25.1 Å². The normalized spacial score (nSPS) is 21.3. The van der Waals surface area contributed by atoms with E-state index in [-0.39, 0.29) is 32.1 Å². The molecule has 5 N–H and O–H groups in total. The van der Waals surface area contributed by atoms with Gasteiger partial charge in [-0.05, 0) is 41.3 Å². The van der Waals surface area contributed by atoms with E-state index in [9.17, 15) is 24.9 Å². The number of amides is 2. The molecule has 212 valence electrons. The van der Waals surface area contributed by atoms with E-state index in [1.165, 1.54) is 7.11 Å². The van der Waals surface area contributed by atoms with Gasteiger partial charge in [0.15, 0.2) is 11.5 Å². The largest absolute Gasteiger partial charge is 0.493 e. The molecule has 0 fully saturated rings. The molecule has 4 unspecified atom stereocenters. The maximum atomic E-state index is 13.4. The third-order valence-electron chi connectivity index (χ3n) is 7.69. The van der Waals surface area contributed by atoms with Crippen LogP contribution >= 0.6 is 0 Å². The molecule has 5 rings (SSSR count). The molecular weight excluding hydrogens is 514 g/mol. The molecule has 10 heteroatoms. The first-order chi connectivity index (χ1) is 19.4. The molecule has 3 aromatic rings. The highest BCUT2D eigenvalue weighted by Crippen LogP contribution is 2.51. The molecule has 1 aliphatic carbocycles. The maximum Gasteiger partial charge on any atom is 0.247 e. The van der Waals surface area contributed by atoms with Gasteiger partial charge in [-0.2, -0.15) is 0 Å². The molecule has 4 atom stereocenters. The summed E-state index contributed by atoms with van der Waals surface area (Å²) in [5.41, 5.74) is 3.47. The summed E-state index contributed by atoms with van der Waals surface area (Å²) in [7, 11) is 1.48. The highest BCUT2D eigenvalue weighted by Gasteiger charge is 2.51. The zero-order valence-corrected chi connectivity index (χ0v) is 22.6. The van der Waals surface area contributed by atoms with E-state index in [1.54, 1.807) is 30.0 Å². The minimum Gasteiger partial charge on any atom is -0.493 e. The van der Waals surface area contributed by atoms with E-state index in [4.69, 9.17) is 9.47 Å². The number of ether oxygens (including phenoxy) is 2. The van der Waals surface area contributed by atoms with E-state index in [0.717, 1.165) is 16.6 Å². The first-order valence-electron chi connectivity index (χ1n) is 13.5. The molecule has 0 saturated heterocycles. The predicted octanol–water partition coefficient (Wildman–Crippen LogP) is 1.77. The molecule has 2 aliphatic rings. The number of fused-ring (bicyclic) bond motifs is 4. The monoisotopic (exact) mass is 549 g/mol. The number of benzene rings is 2. The zero-order chi connectivity index (χ0) is 28.4. The van der Waals surface area contributed by atoms with E-state index >= 15 is 0 Å². The third-order valence-corrected chi connectivity index (χ3v) is 7.69. The van der Waals surface area contributed by atoms with Gasteiger partial charge in [-0.15, -0.1) is 0 Å². The van der Waals surface area contributed by atoms with Gasteiger partial charge in [0.2, 0.25) is 11.8 Å². The van der Waals surface area contributed by atoms with E-state index in [0.29, 0.717) is 41.2 Å². The van der Waals surface area contributed by atoms with Crippen LogP contribution in [0.25, 0.3) is 10.9 Å². The van der Waals surface area contributed by atoms with Crippen molar-refractivity contribution in [2.45, 2.75) is 50.5 Å². The van der Waals surface area contributed by atoms with Gasteiger partial charge >= 0.3 is 0 Å². The lowest BCUT2D eigenvalue weighted by Gasteiger charge is -2.40. The molecule has 0 spiro atoms. The molecule has 1 aromatic heterocycles. The van der Waals surface area contributed by atoms with Crippen molar-refractivity contribution in [3.05, 3.63) is 70.9 Å². The molecule has 2 heterocycles. The van der Waals surface area contributed by atoms with Crippen molar-refractivity contribution in [3.8, 4) is 11.5 Å². The summed E-state index contributed by atoms with van der Waals surface area (Å²) in [5.74, 6) is -0.477. The SMILES string of the molecule is CCC(=O)N(CCc1cc2ccccc2[nH]1)C1C=C(C(=O)NCCO)C2c3cc(CO)cc(OC)c3OC2C1O. The number of H-pyrrole nitrogens is 1. The predicted molar refractivity (Wildman–Crippen MR) is 148 cm³/mol. The van der Waals surface area contributed by atoms with Crippen molar-refractivity contribution in [2.75, 3.05) is 26.8 Å². The van der Waals surface area contributed by atoms with Gasteiger partial charge in [0.1, 0.15) is 12.2 Å². The average Bonchev–Trinajstić information content (AvgIpc) is 3.58. The molecule has 2 amide bonds. The second kappa shape index (κ2) is 11.7. The van der Waals surface area contributed by atoms with E-state index in [1.807, 2.05) is 30.3 Å². The molecule has 0 bridgehead atoms. The Hall–Kier alpha value is -3.86. The van der Waals surface area contributed by atoms with Gasteiger partial charge in [-0.3, -0.25) is 9.59 Å². The van der Waals surface area contributed by atoms with Crippen LogP contribution in [0.3, 0.4) is 0 Å². The summed E-state index contributed by atoms with van der Waals surface area (Å²) in [6.45, 7) is 1.64. The molecule has 0 saturated carbocycles. The van der Waals surface area contributed by atoms with Crippen molar-refractivity contribution in [1.82, 2.24) is 15.2 Å². The van der Waals surface area contributed by atoms with Crippen LogP contribution in [0, 0.1) is 0 Å². The van der Waals surface area contributed by atoms with Crippen LogP contribution in [0.5, 0.6) is 11.5 Å². The second-order valence-electron chi connectivity index (χ2n) is 10.1. The number of aliphatic hydroxyl groups is 3. The van der Waals surface area contributed by atoms with Crippen LogP contribution < -0.4 is 14.8 Å². The number of methoxy groups -OCH3 is 1.